The van der Waals surface area contributed by atoms with Gasteiger partial charge in [-0.3, -0.25) is 0 Å². The first-order valence-electron chi connectivity index (χ1n) is 6.68. The van der Waals surface area contributed by atoms with Crippen molar-refractivity contribution in [3.8, 4) is 0 Å². The molecule has 0 aromatic heterocycles. The molecule has 1 aliphatic rings. The average molecular weight is 294 g/mol. The van der Waals surface area contributed by atoms with Gasteiger partial charge in [0.15, 0.2) is 0 Å². The first kappa shape index (κ1) is 13.7. The van der Waals surface area contributed by atoms with Gasteiger partial charge >= 0.3 is 0 Å². The zero-order valence-electron chi connectivity index (χ0n) is 11.3. The molecule has 104 valence electrons. The van der Waals surface area contributed by atoms with E-state index in [0.717, 1.165) is 5.31 Å². The van der Waals surface area contributed by atoms with Crippen LogP contribution in [0.1, 0.15) is 0 Å². The van der Waals surface area contributed by atoms with Gasteiger partial charge in [0, 0.05) is 0 Å². The minimum Gasteiger partial charge on any atom is -0.481 e. The highest BCUT2D eigenvalue weighted by Gasteiger charge is 2.24. The Morgan fingerprint density at radius 1 is 0.762 bits per heavy atom. The maximum Gasteiger partial charge on any atom is 0.282 e. The number of benzene rings is 2. The summed E-state index contributed by atoms with van der Waals surface area (Å²) in [6, 6.07) is 20.4. The molecule has 0 heterocycles. The molecule has 0 aliphatic heterocycles. The summed E-state index contributed by atoms with van der Waals surface area (Å²) in [6.07, 6.45) is 5.57. The first-order valence-corrected chi connectivity index (χ1v) is 8.03. The van der Waals surface area contributed by atoms with E-state index in [0.29, 0.717) is 5.57 Å². The highest BCUT2D eigenvalue weighted by Crippen LogP contribution is 2.48. The maximum absolute atomic E-state index is 9.52. The van der Waals surface area contributed by atoms with Crippen molar-refractivity contribution in [2.24, 2.45) is 0 Å². The normalized spacial score (nSPS) is 13.6. The summed E-state index contributed by atoms with van der Waals surface area (Å²) in [5.41, 5.74) is 0.508. The zero-order chi connectivity index (χ0) is 14.7. The average Bonchev–Trinajstić information content (AvgIpc) is 2.99. The lowest BCUT2D eigenvalue weighted by Crippen LogP contribution is -2.13. The highest BCUT2D eigenvalue weighted by molar-refractivity contribution is 7.77. The molecule has 3 heteroatoms. The van der Waals surface area contributed by atoms with Crippen molar-refractivity contribution in [3.63, 3.8) is 0 Å². The standard InChI is InChI=1S/C18H15O2P/c19-18(20)16-12-7-13-17(16)21(14-8-3-1-4-9-14)15-10-5-2-6-11-15/h1-13,19-20H. The third-order valence-corrected chi connectivity index (χ3v) is 5.80. The van der Waals surface area contributed by atoms with E-state index < -0.39 is 13.9 Å². The smallest absolute Gasteiger partial charge is 0.282 e. The van der Waals surface area contributed by atoms with Gasteiger partial charge in [-0.05, 0) is 29.9 Å². The number of allylic oxidation sites excluding steroid dienone is 5. The van der Waals surface area contributed by atoms with Crippen LogP contribution in [0, 0.1) is 0 Å². The van der Waals surface area contributed by atoms with Crippen molar-refractivity contribution >= 4 is 18.5 Å². The Morgan fingerprint density at radius 3 is 1.76 bits per heavy atom. The van der Waals surface area contributed by atoms with Gasteiger partial charge < -0.3 is 10.2 Å². The Hall–Kier alpha value is -2.31. The molecule has 1 aliphatic carbocycles. The van der Waals surface area contributed by atoms with Crippen molar-refractivity contribution in [2.75, 3.05) is 0 Å². The number of hydrogen-bond acceptors (Lipinski definition) is 2. The second kappa shape index (κ2) is 5.99. The summed E-state index contributed by atoms with van der Waals surface area (Å²) < 4.78 is 0. The molecule has 0 fully saturated rings. The summed E-state index contributed by atoms with van der Waals surface area (Å²) in [4.78, 5) is 0. The Balaban J connectivity index is 2.13. The fraction of sp³-hybridized carbons (Fsp3) is 0. The van der Waals surface area contributed by atoms with E-state index in [1.165, 1.54) is 10.6 Å². The van der Waals surface area contributed by atoms with E-state index in [4.69, 9.17) is 0 Å². The van der Waals surface area contributed by atoms with Gasteiger partial charge in [-0.2, -0.15) is 0 Å². The Bertz CT molecular complexity index is 672. The molecule has 0 unspecified atom stereocenters. The van der Waals surface area contributed by atoms with Crippen LogP contribution in [0.5, 0.6) is 0 Å². The first-order chi connectivity index (χ1) is 10.3. The SMILES string of the molecule is OC(O)=C1C=CC=C1P(c1ccccc1)c1ccccc1. The molecule has 2 nitrogen and oxygen atoms in total. The fourth-order valence-corrected chi connectivity index (χ4v) is 4.82. The molecule has 0 atom stereocenters. The monoisotopic (exact) mass is 294 g/mol. The zero-order valence-corrected chi connectivity index (χ0v) is 12.2. The van der Waals surface area contributed by atoms with Gasteiger partial charge in [0.1, 0.15) is 0 Å². The molecule has 21 heavy (non-hydrogen) atoms. The van der Waals surface area contributed by atoms with Gasteiger partial charge in [0.05, 0.1) is 5.57 Å². The summed E-state index contributed by atoms with van der Waals surface area (Å²) in [7, 11) is -0.803. The van der Waals surface area contributed by atoms with Crippen molar-refractivity contribution in [2.45, 2.75) is 0 Å². The molecule has 0 spiro atoms. The van der Waals surface area contributed by atoms with Crippen molar-refractivity contribution < 1.29 is 10.2 Å². The van der Waals surface area contributed by atoms with Crippen LogP contribution >= 0.6 is 7.92 Å². The summed E-state index contributed by atoms with van der Waals surface area (Å²) in [6.45, 7) is 0. The van der Waals surface area contributed by atoms with Crippen molar-refractivity contribution in [3.05, 3.63) is 95.7 Å². The molecule has 0 saturated heterocycles. The Morgan fingerprint density at radius 2 is 1.29 bits per heavy atom. The van der Waals surface area contributed by atoms with E-state index >= 15 is 0 Å². The van der Waals surface area contributed by atoms with E-state index in [1.54, 1.807) is 6.08 Å². The predicted molar refractivity (Wildman–Crippen MR) is 88.6 cm³/mol. The van der Waals surface area contributed by atoms with E-state index in [1.807, 2.05) is 48.6 Å². The van der Waals surface area contributed by atoms with Crippen LogP contribution in [0.3, 0.4) is 0 Å². The molecule has 3 rings (SSSR count). The largest absolute Gasteiger partial charge is 0.481 e. The van der Waals surface area contributed by atoms with Gasteiger partial charge in [0.25, 0.3) is 5.95 Å². The molecule has 2 aromatic rings. The van der Waals surface area contributed by atoms with Crippen LogP contribution in [0.15, 0.2) is 95.7 Å². The van der Waals surface area contributed by atoms with Gasteiger partial charge in [-0.15, -0.1) is 0 Å². The number of rotatable bonds is 3. The molecule has 0 saturated carbocycles. The van der Waals surface area contributed by atoms with Gasteiger partial charge in [0.2, 0.25) is 0 Å². The molecular formula is C18H15O2P. The maximum atomic E-state index is 9.52. The Labute approximate surface area is 125 Å². The second-order valence-electron chi connectivity index (χ2n) is 4.65. The molecule has 2 aromatic carbocycles. The predicted octanol–water partition coefficient (Wildman–Crippen LogP) is 3.90. The fourth-order valence-electron chi connectivity index (χ4n) is 2.38. The second-order valence-corrected chi connectivity index (χ2v) is 6.84. The molecule has 2 N–H and O–H groups in total. The van der Waals surface area contributed by atoms with Crippen LogP contribution in [0.25, 0.3) is 0 Å². The minimum atomic E-state index is -0.803. The van der Waals surface area contributed by atoms with Crippen LogP contribution in [0.4, 0.5) is 0 Å². The van der Waals surface area contributed by atoms with Gasteiger partial charge in [-0.25, -0.2) is 0 Å². The molecule has 0 radical (unpaired) electrons. The summed E-state index contributed by atoms with van der Waals surface area (Å²) in [5.74, 6) is -0.616. The van der Waals surface area contributed by atoms with Crippen molar-refractivity contribution in [1.82, 2.24) is 0 Å². The minimum absolute atomic E-state index is 0.508. The highest BCUT2D eigenvalue weighted by atomic mass is 31.1. The summed E-state index contributed by atoms with van der Waals surface area (Å²) >= 11 is 0. The molecule has 0 bridgehead atoms. The lowest BCUT2D eigenvalue weighted by Gasteiger charge is -2.21. The quantitative estimate of drug-likeness (QED) is 0.666. The van der Waals surface area contributed by atoms with Crippen LogP contribution in [-0.4, -0.2) is 10.2 Å². The topological polar surface area (TPSA) is 40.5 Å². The number of aliphatic hydroxyl groups excluding tert-OH is 1. The lowest BCUT2D eigenvalue weighted by molar-refractivity contribution is 0.188. The third kappa shape index (κ3) is 2.76. The van der Waals surface area contributed by atoms with E-state index in [2.05, 4.69) is 24.3 Å². The van der Waals surface area contributed by atoms with Crippen LogP contribution in [0.2, 0.25) is 0 Å². The Kier molecular flexibility index (Phi) is 3.89. The van der Waals surface area contributed by atoms with E-state index in [9.17, 15) is 10.2 Å². The third-order valence-electron chi connectivity index (χ3n) is 3.30. The van der Waals surface area contributed by atoms with E-state index in [-0.39, 0.29) is 0 Å². The lowest BCUT2D eigenvalue weighted by atomic mass is 10.3. The summed E-state index contributed by atoms with van der Waals surface area (Å²) in [5, 5.41) is 22.4. The van der Waals surface area contributed by atoms with Crippen LogP contribution in [-0.2, 0) is 0 Å². The molecular weight excluding hydrogens is 279 g/mol. The van der Waals surface area contributed by atoms with Gasteiger partial charge in [-0.1, -0.05) is 72.8 Å². The van der Waals surface area contributed by atoms with Crippen LogP contribution < -0.4 is 10.6 Å². The number of aliphatic hydroxyl groups is 2. The number of hydrogen-bond donors (Lipinski definition) is 2. The van der Waals surface area contributed by atoms with Crippen molar-refractivity contribution in [1.29, 1.82) is 0 Å². The molecule has 0 amide bonds.